The fourth-order valence-electron chi connectivity index (χ4n) is 2.15. The Bertz CT molecular complexity index is 324. The van der Waals surface area contributed by atoms with Crippen LogP contribution in [0.5, 0.6) is 0 Å². The fourth-order valence-corrected chi connectivity index (χ4v) is 2.15. The summed E-state index contributed by atoms with van der Waals surface area (Å²) in [5.74, 6) is 0. The van der Waals surface area contributed by atoms with Crippen molar-refractivity contribution < 1.29 is 0 Å². The lowest BCUT2D eigenvalue weighted by Gasteiger charge is -2.32. The van der Waals surface area contributed by atoms with Gasteiger partial charge in [-0.05, 0) is 37.5 Å². The smallest absolute Gasteiger partial charge is 0.0366 e. The van der Waals surface area contributed by atoms with Gasteiger partial charge in [0.25, 0.3) is 0 Å². The number of anilines is 1. The lowest BCUT2D eigenvalue weighted by atomic mass is 10.0. The number of rotatable bonds is 2. The molecule has 1 aliphatic heterocycles. The largest absolute Gasteiger partial charge is 0.371 e. The highest BCUT2D eigenvalue weighted by molar-refractivity contribution is 5.48. The first-order valence-electron chi connectivity index (χ1n) is 6.03. The predicted molar refractivity (Wildman–Crippen MR) is 68.5 cm³/mol. The van der Waals surface area contributed by atoms with E-state index in [1.807, 2.05) is 6.92 Å². The van der Waals surface area contributed by atoms with Crippen LogP contribution in [0.25, 0.3) is 0 Å². The molecule has 3 nitrogen and oxygen atoms in total. The molecular weight excluding hydrogens is 198 g/mol. The lowest BCUT2D eigenvalue weighted by molar-refractivity contribution is 0.501. The number of nitrogens with two attached hydrogens (primary N) is 2. The Kier molecular flexibility index (Phi) is 3.46. The van der Waals surface area contributed by atoms with E-state index in [0.717, 1.165) is 25.9 Å². The van der Waals surface area contributed by atoms with Gasteiger partial charge >= 0.3 is 0 Å². The second-order valence-corrected chi connectivity index (χ2v) is 4.70. The zero-order valence-corrected chi connectivity index (χ0v) is 9.89. The Morgan fingerprint density at radius 1 is 1.19 bits per heavy atom. The van der Waals surface area contributed by atoms with E-state index in [-0.39, 0.29) is 6.04 Å². The number of hydrogen-bond donors (Lipinski definition) is 2. The summed E-state index contributed by atoms with van der Waals surface area (Å²) in [7, 11) is 0. The summed E-state index contributed by atoms with van der Waals surface area (Å²) in [4.78, 5) is 2.40. The molecule has 4 N–H and O–H groups in total. The molecule has 1 aliphatic rings. The van der Waals surface area contributed by atoms with Crippen LogP contribution in [0.4, 0.5) is 5.69 Å². The van der Waals surface area contributed by atoms with Gasteiger partial charge in [0, 0.05) is 30.9 Å². The maximum Gasteiger partial charge on any atom is 0.0366 e. The van der Waals surface area contributed by atoms with Crippen molar-refractivity contribution >= 4 is 5.69 Å². The number of piperidine rings is 1. The Balaban J connectivity index is 2.04. The quantitative estimate of drug-likeness (QED) is 0.795. The molecule has 2 rings (SSSR count). The summed E-state index contributed by atoms with van der Waals surface area (Å²) in [5, 5.41) is 0. The Labute approximate surface area is 97.4 Å². The van der Waals surface area contributed by atoms with Crippen LogP contribution in [-0.4, -0.2) is 19.1 Å². The maximum absolute atomic E-state index is 5.90. The molecule has 0 bridgehead atoms. The van der Waals surface area contributed by atoms with Gasteiger partial charge in [0.15, 0.2) is 0 Å². The lowest BCUT2D eigenvalue weighted by Crippen LogP contribution is -2.39. The number of nitrogens with zero attached hydrogens (tertiary/aromatic N) is 1. The summed E-state index contributed by atoms with van der Waals surface area (Å²) in [6, 6.07) is 9.07. The first kappa shape index (κ1) is 11.4. The van der Waals surface area contributed by atoms with Gasteiger partial charge in [0.1, 0.15) is 0 Å². The van der Waals surface area contributed by atoms with Gasteiger partial charge in [0.2, 0.25) is 0 Å². The standard InChI is InChI=1S/C13H21N3/c1-10(14)11-2-4-13(5-3-11)16-8-6-12(15)7-9-16/h2-5,10,12H,6-9,14-15H2,1H3. The highest BCUT2D eigenvalue weighted by atomic mass is 15.1. The summed E-state index contributed by atoms with van der Waals surface area (Å²) in [6.07, 6.45) is 2.18. The van der Waals surface area contributed by atoms with Crippen molar-refractivity contribution in [1.82, 2.24) is 0 Å². The number of hydrogen-bond acceptors (Lipinski definition) is 3. The van der Waals surface area contributed by atoms with Crippen molar-refractivity contribution in [3.05, 3.63) is 29.8 Å². The minimum absolute atomic E-state index is 0.115. The molecule has 0 amide bonds. The molecule has 88 valence electrons. The zero-order chi connectivity index (χ0) is 11.5. The first-order chi connectivity index (χ1) is 7.66. The molecule has 1 unspecified atom stereocenters. The third-order valence-corrected chi connectivity index (χ3v) is 3.32. The van der Waals surface area contributed by atoms with Crippen LogP contribution < -0.4 is 16.4 Å². The molecule has 0 spiro atoms. The Hall–Kier alpha value is -1.06. The third-order valence-electron chi connectivity index (χ3n) is 3.32. The van der Waals surface area contributed by atoms with Crippen molar-refractivity contribution in [1.29, 1.82) is 0 Å². The van der Waals surface area contributed by atoms with Gasteiger partial charge in [-0.3, -0.25) is 0 Å². The minimum Gasteiger partial charge on any atom is -0.371 e. The average molecular weight is 219 g/mol. The second-order valence-electron chi connectivity index (χ2n) is 4.70. The third kappa shape index (κ3) is 2.54. The molecule has 0 aromatic heterocycles. The van der Waals surface area contributed by atoms with Gasteiger partial charge in [0.05, 0.1) is 0 Å². The summed E-state index contributed by atoms with van der Waals surface area (Å²) in [5.41, 5.74) is 14.2. The zero-order valence-electron chi connectivity index (χ0n) is 9.89. The molecule has 0 radical (unpaired) electrons. The molecule has 1 saturated heterocycles. The summed E-state index contributed by atoms with van der Waals surface area (Å²) in [6.45, 7) is 4.15. The second kappa shape index (κ2) is 4.85. The van der Waals surface area contributed by atoms with E-state index in [1.54, 1.807) is 0 Å². The van der Waals surface area contributed by atoms with Gasteiger partial charge in [-0.25, -0.2) is 0 Å². The van der Waals surface area contributed by atoms with Crippen molar-refractivity contribution in [2.45, 2.75) is 31.8 Å². The van der Waals surface area contributed by atoms with Crippen molar-refractivity contribution in [2.24, 2.45) is 11.5 Å². The highest BCUT2D eigenvalue weighted by Crippen LogP contribution is 2.21. The van der Waals surface area contributed by atoms with E-state index in [2.05, 4.69) is 29.2 Å². The van der Waals surface area contributed by atoms with Crippen molar-refractivity contribution in [2.75, 3.05) is 18.0 Å². The van der Waals surface area contributed by atoms with Gasteiger partial charge in [-0.1, -0.05) is 12.1 Å². The van der Waals surface area contributed by atoms with Gasteiger partial charge < -0.3 is 16.4 Å². The Morgan fingerprint density at radius 2 is 1.75 bits per heavy atom. The van der Waals surface area contributed by atoms with Crippen LogP contribution in [-0.2, 0) is 0 Å². The van der Waals surface area contributed by atoms with Crippen molar-refractivity contribution in [3.63, 3.8) is 0 Å². The first-order valence-corrected chi connectivity index (χ1v) is 6.03. The van der Waals surface area contributed by atoms with Crippen LogP contribution in [0.2, 0.25) is 0 Å². The van der Waals surface area contributed by atoms with E-state index in [9.17, 15) is 0 Å². The van der Waals surface area contributed by atoms with Crippen LogP contribution in [0.3, 0.4) is 0 Å². The molecule has 1 aromatic rings. The SMILES string of the molecule is CC(N)c1ccc(N2CCC(N)CC2)cc1. The fraction of sp³-hybridized carbons (Fsp3) is 0.538. The van der Waals surface area contributed by atoms with Gasteiger partial charge in [-0.2, -0.15) is 0 Å². The molecule has 0 saturated carbocycles. The maximum atomic E-state index is 5.90. The normalized spacial score (nSPS) is 19.8. The average Bonchev–Trinajstić information content (AvgIpc) is 2.30. The highest BCUT2D eigenvalue weighted by Gasteiger charge is 2.16. The van der Waals surface area contributed by atoms with E-state index >= 15 is 0 Å². The molecule has 1 fully saturated rings. The molecular formula is C13H21N3. The summed E-state index contributed by atoms with van der Waals surface area (Å²) < 4.78 is 0. The van der Waals surface area contributed by atoms with Crippen molar-refractivity contribution in [3.8, 4) is 0 Å². The monoisotopic (exact) mass is 219 g/mol. The van der Waals surface area contributed by atoms with Crippen LogP contribution in [0.1, 0.15) is 31.4 Å². The molecule has 1 atom stereocenters. The molecule has 1 heterocycles. The van der Waals surface area contributed by atoms with E-state index in [1.165, 1.54) is 11.3 Å². The molecule has 0 aliphatic carbocycles. The summed E-state index contributed by atoms with van der Waals surface area (Å²) >= 11 is 0. The molecule has 16 heavy (non-hydrogen) atoms. The van der Waals surface area contributed by atoms with E-state index in [0.29, 0.717) is 6.04 Å². The topological polar surface area (TPSA) is 55.3 Å². The van der Waals surface area contributed by atoms with E-state index < -0.39 is 0 Å². The van der Waals surface area contributed by atoms with E-state index in [4.69, 9.17) is 11.5 Å². The molecule has 3 heteroatoms. The van der Waals surface area contributed by atoms with Crippen LogP contribution in [0.15, 0.2) is 24.3 Å². The Morgan fingerprint density at radius 3 is 2.25 bits per heavy atom. The predicted octanol–water partition coefficient (Wildman–Crippen LogP) is 1.63. The minimum atomic E-state index is 0.115. The number of benzene rings is 1. The van der Waals surface area contributed by atoms with Crippen LogP contribution >= 0.6 is 0 Å². The van der Waals surface area contributed by atoms with Crippen LogP contribution in [0, 0.1) is 0 Å². The van der Waals surface area contributed by atoms with Gasteiger partial charge in [-0.15, -0.1) is 0 Å². The molecule has 1 aromatic carbocycles.